The molecule has 0 spiro atoms. The molecule has 0 radical (unpaired) electrons. The van der Waals surface area contributed by atoms with E-state index in [1.165, 1.54) is 18.4 Å². The van der Waals surface area contributed by atoms with Gasteiger partial charge < -0.3 is 10.1 Å². The summed E-state index contributed by atoms with van der Waals surface area (Å²) in [4.78, 5) is 6.78. The summed E-state index contributed by atoms with van der Waals surface area (Å²) in [6, 6.07) is 4.73. The highest BCUT2D eigenvalue weighted by atomic mass is 16.5. The van der Waals surface area contributed by atoms with Crippen molar-refractivity contribution in [1.29, 1.82) is 0 Å². The highest BCUT2D eigenvalue weighted by molar-refractivity contribution is 5.07. The van der Waals surface area contributed by atoms with E-state index in [2.05, 4.69) is 35.1 Å². The highest BCUT2D eigenvalue weighted by Crippen LogP contribution is 2.19. The largest absolute Gasteiger partial charge is 0.379 e. The Morgan fingerprint density at radius 3 is 2.67 bits per heavy atom. The average molecular weight is 291 g/mol. The molecule has 4 nitrogen and oxygen atoms in total. The molecule has 1 fully saturated rings. The Morgan fingerprint density at radius 1 is 1.29 bits per heavy atom. The fourth-order valence-corrected chi connectivity index (χ4v) is 3.20. The first kappa shape index (κ1) is 16.4. The molecule has 2 rings (SSSR count). The lowest BCUT2D eigenvalue weighted by Gasteiger charge is -2.39. The van der Waals surface area contributed by atoms with Gasteiger partial charge in [-0.15, -0.1) is 0 Å². The number of pyridine rings is 1. The molecule has 0 bridgehead atoms. The number of morpholine rings is 1. The van der Waals surface area contributed by atoms with Crippen LogP contribution in [0.1, 0.15) is 32.3 Å². The maximum absolute atomic E-state index is 5.50. The molecule has 0 amide bonds. The van der Waals surface area contributed by atoms with Gasteiger partial charge in [-0.2, -0.15) is 0 Å². The van der Waals surface area contributed by atoms with E-state index in [4.69, 9.17) is 4.74 Å². The normalized spacial score (nSPS) is 18.0. The van der Waals surface area contributed by atoms with Gasteiger partial charge in [-0.3, -0.25) is 9.88 Å². The number of rotatable bonds is 8. The summed E-state index contributed by atoms with van der Waals surface area (Å²) >= 11 is 0. The SMILES string of the molecule is CCC(CC)C(CNCc1cccnc1)N1CCOCC1. The Bertz CT molecular complexity index is 375. The van der Waals surface area contributed by atoms with E-state index in [0.717, 1.165) is 45.3 Å². The number of hydrogen-bond acceptors (Lipinski definition) is 4. The zero-order valence-corrected chi connectivity index (χ0v) is 13.4. The van der Waals surface area contributed by atoms with Gasteiger partial charge in [-0.1, -0.05) is 32.8 Å². The van der Waals surface area contributed by atoms with Gasteiger partial charge >= 0.3 is 0 Å². The molecular weight excluding hydrogens is 262 g/mol. The smallest absolute Gasteiger partial charge is 0.0594 e. The average Bonchev–Trinajstić information content (AvgIpc) is 2.56. The van der Waals surface area contributed by atoms with Crippen LogP contribution in [0.4, 0.5) is 0 Å². The molecular formula is C17H29N3O. The molecule has 1 N–H and O–H groups in total. The molecule has 0 aliphatic carbocycles. The van der Waals surface area contributed by atoms with Crippen molar-refractivity contribution in [2.75, 3.05) is 32.8 Å². The molecule has 1 aromatic rings. The Hall–Kier alpha value is -0.970. The minimum absolute atomic E-state index is 0.612. The monoisotopic (exact) mass is 291 g/mol. The number of aromatic nitrogens is 1. The fourth-order valence-electron chi connectivity index (χ4n) is 3.20. The summed E-state index contributed by atoms with van der Waals surface area (Å²) in [6.45, 7) is 10.4. The molecule has 2 heterocycles. The summed E-state index contributed by atoms with van der Waals surface area (Å²) in [5.41, 5.74) is 1.25. The van der Waals surface area contributed by atoms with E-state index in [1.54, 1.807) is 0 Å². The molecule has 1 saturated heterocycles. The molecule has 118 valence electrons. The Labute approximate surface area is 128 Å². The lowest BCUT2D eigenvalue weighted by atomic mass is 9.92. The predicted octanol–water partition coefficient (Wildman–Crippen LogP) is 2.31. The van der Waals surface area contributed by atoms with Crippen LogP contribution in [0.5, 0.6) is 0 Å². The van der Waals surface area contributed by atoms with E-state index in [9.17, 15) is 0 Å². The minimum Gasteiger partial charge on any atom is -0.379 e. The Morgan fingerprint density at radius 2 is 2.05 bits per heavy atom. The molecule has 1 aliphatic rings. The van der Waals surface area contributed by atoms with Crippen LogP contribution in [-0.4, -0.2) is 48.8 Å². The van der Waals surface area contributed by atoms with E-state index in [1.807, 2.05) is 18.5 Å². The number of ether oxygens (including phenoxy) is 1. The molecule has 0 saturated carbocycles. The second kappa shape index (κ2) is 9.13. The van der Waals surface area contributed by atoms with Crippen LogP contribution in [0.15, 0.2) is 24.5 Å². The first-order valence-electron chi connectivity index (χ1n) is 8.26. The quantitative estimate of drug-likeness (QED) is 0.797. The minimum atomic E-state index is 0.612. The van der Waals surface area contributed by atoms with Crippen molar-refractivity contribution in [3.8, 4) is 0 Å². The third kappa shape index (κ3) is 5.06. The molecule has 0 aromatic carbocycles. The first-order valence-corrected chi connectivity index (χ1v) is 8.26. The van der Waals surface area contributed by atoms with Gasteiger partial charge in [-0.05, 0) is 17.5 Å². The van der Waals surface area contributed by atoms with Crippen LogP contribution in [0, 0.1) is 5.92 Å². The Kier molecular flexibility index (Phi) is 7.13. The van der Waals surface area contributed by atoms with Gasteiger partial charge in [0.25, 0.3) is 0 Å². The second-order valence-electron chi connectivity index (χ2n) is 5.78. The van der Waals surface area contributed by atoms with Crippen LogP contribution >= 0.6 is 0 Å². The Balaban J connectivity index is 1.88. The van der Waals surface area contributed by atoms with Gasteiger partial charge in [0, 0.05) is 44.6 Å². The summed E-state index contributed by atoms with van der Waals surface area (Å²) in [6.07, 6.45) is 6.25. The van der Waals surface area contributed by atoms with Crippen molar-refractivity contribution in [2.24, 2.45) is 5.92 Å². The van der Waals surface area contributed by atoms with Gasteiger partial charge in [0.05, 0.1) is 13.2 Å². The summed E-state index contributed by atoms with van der Waals surface area (Å²) in [5.74, 6) is 0.754. The van der Waals surface area contributed by atoms with Crippen molar-refractivity contribution >= 4 is 0 Å². The standard InChI is InChI=1S/C17H29N3O/c1-3-16(4-2)17(20-8-10-21-11-9-20)14-19-13-15-6-5-7-18-12-15/h5-7,12,16-17,19H,3-4,8-11,13-14H2,1-2H3. The summed E-state index contributed by atoms with van der Waals surface area (Å²) in [7, 11) is 0. The summed E-state index contributed by atoms with van der Waals surface area (Å²) < 4.78 is 5.50. The highest BCUT2D eigenvalue weighted by Gasteiger charge is 2.26. The third-order valence-corrected chi connectivity index (χ3v) is 4.51. The summed E-state index contributed by atoms with van der Waals surface area (Å²) in [5, 5.41) is 3.63. The lowest BCUT2D eigenvalue weighted by Crippen LogP contribution is -2.51. The topological polar surface area (TPSA) is 37.4 Å². The van der Waals surface area contributed by atoms with Crippen LogP contribution in [-0.2, 0) is 11.3 Å². The number of nitrogens with zero attached hydrogens (tertiary/aromatic N) is 2. The molecule has 1 aromatic heterocycles. The first-order chi connectivity index (χ1) is 10.3. The van der Waals surface area contributed by atoms with Crippen molar-refractivity contribution in [3.63, 3.8) is 0 Å². The zero-order valence-electron chi connectivity index (χ0n) is 13.4. The second-order valence-corrected chi connectivity index (χ2v) is 5.78. The predicted molar refractivity (Wildman–Crippen MR) is 86.2 cm³/mol. The zero-order chi connectivity index (χ0) is 14.9. The third-order valence-electron chi connectivity index (χ3n) is 4.51. The molecule has 4 heteroatoms. The molecule has 1 atom stereocenters. The van der Waals surface area contributed by atoms with Crippen molar-refractivity contribution in [2.45, 2.75) is 39.3 Å². The van der Waals surface area contributed by atoms with Gasteiger partial charge in [0.1, 0.15) is 0 Å². The molecule has 1 aliphatic heterocycles. The van der Waals surface area contributed by atoms with E-state index in [-0.39, 0.29) is 0 Å². The van der Waals surface area contributed by atoms with Crippen molar-refractivity contribution in [3.05, 3.63) is 30.1 Å². The van der Waals surface area contributed by atoms with Gasteiger partial charge in [0.2, 0.25) is 0 Å². The van der Waals surface area contributed by atoms with Gasteiger partial charge in [-0.25, -0.2) is 0 Å². The van der Waals surface area contributed by atoms with Crippen LogP contribution in [0.3, 0.4) is 0 Å². The number of hydrogen-bond donors (Lipinski definition) is 1. The maximum Gasteiger partial charge on any atom is 0.0594 e. The maximum atomic E-state index is 5.50. The lowest BCUT2D eigenvalue weighted by molar-refractivity contribution is 0.00161. The van der Waals surface area contributed by atoms with Crippen LogP contribution in [0.25, 0.3) is 0 Å². The van der Waals surface area contributed by atoms with E-state index >= 15 is 0 Å². The van der Waals surface area contributed by atoms with Crippen LogP contribution < -0.4 is 5.32 Å². The fraction of sp³-hybridized carbons (Fsp3) is 0.706. The van der Waals surface area contributed by atoms with Crippen molar-refractivity contribution < 1.29 is 4.74 Å². The van der Waals surface area contributed by atoms with Gasteiger partial charge in [0.15, 0.2) is 0 Å². The number of nitrogens with one attached hydrogen (secondary N) is 1. The van der Waals surface area contributed by atoms with E-state index < -0.39 is 0 Å². The molecule has 1 unspecified atom stereocenters. The molecule has 21 heavy (non-hydrogen) atoms. The van der Waals surface area contributed by atoms with E-state index in [0.29, 0.717) is 6.04 Å². The van der Waals surface area contributed by atoms with Crippen LogP contribution in [0.2, 0.25) is 0 Å². The van der Waals surface area contributed by atoms with Crippen molar-refractivity contribution in [1.82, 2.24) is 15.2 Å².